The number of nitrogens with one attached hydrogen (secondary N) is 1. The first-order valence-electron chi connectivity index (χ1n) is 11.1. The van der Waals surface area contributed by atoms with E-state index in [4.69, 9.17) is 30.9 Å². The molecule has 0 aromatic carbocycles. The highest BCUT2D eigenvalue weighted by molar-refractivity contribution is 8.00. The van der Waals surface area contributed by atoms with Gasteiger partial charge in [0.05, 0.1) is 0 Å². The van der Waals surface area contributed by atoms with Gasteiger partial charge in [0.2, 0.25) is 0 Å². The predicted molar refractivity (Wildman–Crippen MR) is 160 cm³/mol. The number of ether oxygens (including phenoxy) is 1. The van der Waals surface area contributed by atoms with Gasteiger partial charge in [0, 0.05) is 14.2 Å². The summed E-state index contributed by atoms with van der Waals surface area (Å²) in [6.45, 7) is 15.7. The van der Waals surface area contributed by atoms with Crippen LogP contribution in [0.15, 0.2) is 0 Å². The molecule has 0 bridgehead atoms. The second kappa shape index (κ2) is 18.1. The van der Waals surface area contributed by atoms with Crippen LogP contribution in [0.5, 0.6) is 0 Å². The third-order valence-electron chi connectivity index (χ3n) is 5.09. The lowest BCUT2D eigenvalue weighted by atomic mass is 10.0. The van der Waals surface area contributed by atoms with Crippen LogP contribution < -0.4 is 11.1 Å². The second-order valence-electron chi connectivity index (χ2n) is 10.4. The first-order valence-corrected chi connectivity index (χ1v) is 14.8. The van der Waals surface area contributed by atoms with Crippen LogP contribution in [-0.2, 0) is 19.1 Å². The van der Waals surface area contributed by atoms with Crippen molar-refractivity contribution in [3.05, 3.63) is 0 Å². The number of alkyl carbamates (subject to hydrolysis) is 1. The lowest BCUT2D eigenvalue weighted by molar-refractivity contribution is -0.148. The summed E-state index contributed by atoms with van der Waals surface area (Å²) in [5.74, 6) is -3.19. The van der Waals surface area contributed by atoms with Crippen molar-refractivity contribution in [3.63, 3.8) is 0 Å². The van der Waals surface area contributed by atoms with E-state index >= 15 is 0 Å². The van der Waals surface area contributed by atoms with Gasteiger partial charge in [-0.3, -0.25) is 4.79 Å². The highest BCUT2D eigenvalue weighted by Crippen LogP contribution is 2.27. The summed E-state index contributed by atoms with van der Waals surface area (Å²) >= 11 is 4.16. The molecular weight excluding hydrogens is 556 g/mol. The van der Waals surface area contributed by atoms with Gasteiger partial charge < -0.3 is 36.2 Å². The van der Waals surface area contributed by atoms with E-state index in [9.17, 15) is 19.2 Å². The largest absolute Gasteiger partial charge is 0.480 e. The van der Waals surface area contributed by atoms with E-state index in [1.807, 2.05) is 20.1 Å². The molecule has 11 nitrogen and oxygen atoms in total. The molecule has 0 fully saturated rings. The number of nitrogens with two attached hydrogens (primary N) is 1. The minimum absolute atomic E-state index is 0. The topological polar surface area (TPSA) is 196 Å². The van der Waals surface area contributed by atoms with Crippen LogP contribution in [0.25, 0.3) is 0 Å². The lowest BCUT2D eigenvalue weighted by Gasteiger charge is -2.31. The van der Waals surface area contributed by atoms with Crippen LogP contribution in [0.1, 0.15) is 69.7 Å². The molecule has 228 valence electrons. The molecule has 38 heavy (non-hydrogen) atoms. The highest BCUT2D eigenvalue weighted by Gasteiger charge is 2.37. The lowest BCUT2D eigenvalue weighted by Crippen LogP contribution is -2.53. The van der Waals surface area contributed by atoms with Gasteiger partial charge in [-0.15, -0.1) is 0 Å². The summed E-state index contributed by atoms with van der Waals surface area (Å²) < 4.78 is 3.44. The molecule has 0 rings (SSSR count). The number of aliphatic carboxylic acids is 3. The molecule has 0 aromatic rings. The fourth-order valence-electron chi connectivity index (χ4n) is 1.91. The molecule has 0 radical (unpaired) electrons. The Balaban J connectivity index is -0.000000239. The Morgan fingerprint density at radius 2 is 1.08 bits per heavy atom. The molecule has 0 aliphatic carbocycles. The zero-order chi connectivity index (χ0) is 30.6. The smallest absolute Gasteiger partial charge is 0.408 e. The Hall–Kier alpha value is -1.35. The Bertz CT molecular complexity index is 723. The van der Waals surface area contributed by atoms with Gasteiger partial charge in [-0.2, -0.15) is 35.3 Å². The van der Waals surface area contributed by atoms with Gasteiger partial charge in [-0.05, 0) is 81.1 Å². The number of thioether (sulfide) groups is 3. The van der Waals surface area contributed by atoms with Crippen molar-refractivity contribution in [2.75, 3.05) is 18.8 Å². The van der Waals surface area contributed by atoms with E-state index in [2.05, 4.69) is 5.32 Å². The third kappa shape index (κ3) is 18.0. The number of hydrogen-bond donors (Lipinski definition) is 6. The SMILES string of the molecule is C.CSC(C)(C)C(O)C(=O)O.CSC(C)(C)[C@H](N)C(=O)O.CSC(C)(C)[C@H](NC(=O)OC(C)(C)C)C(=O)O. The minimum Gasteiger partial charge on any atom is -0.480 e. The van der Waals surface area contributed by atoms with Crippen LogP contribution in [0.3, 0.4) is 0 Å². The summed E-state index contributed by atoms with van der Waals surface area (Å²) in [6, 6.07) is -1.78. The van der Waals surface area contributed by atoms with Crippen molar-refractivity contribution in [2.24, 2.45) is 5.73 Å². The Morgan fingerprint density at radius 3 is 1.26 bits per heavy atom. The van der Waals surface area contributed by atoms with Crippen LogP contribution in [0.4, 0.5) is 4.79 Å². The van der Waals surface area contributed by atoms with Crippen molar-refractivity contribution in [1.82, 2.24) is 5.32 Å². The molecule has 0 aliphatic rings. The molecule has 0 aliphatic heterocycles. The molecule has 1 amide bonds. The van der Waals surface area contributed by atoms with E-state index in [1.165, 1.54) is 35.3 Å². The second-order valence-corrected chi connectivity index (χ2v) is 14.8. The maximum Gasteiger partial charge on any atom is 0.408 e. The number of carbonyl (C=O) groups is 4. The monoisotopic (exact) mass is 606 g/mol. The highest BCUT2D eigenvalue weighted by atomic mass is 32.2. The summed E-state index contributed by atoms with van der Waals surface area (Å²) in [5, 5.41) is 37.4. The van der Waals surface area contributed by atoms with Gasteiger partial charge in [0.1, 0.15) is 17.7 Å². The van der Waals surface area contributed by atoms with Gasteiger partial charge >= 0.3 is 24.0 Å². The molecule has 0 heterocycles. The normalized spacial score (nSPS) is 14.1. The van der Waals surface area contributed by atoms with Crippen LogP contribution in [-0.4, -0.2) is 101 Å². The number of aliphatic hydroxyl groups is 1. The fourth-order valence-corrected chi connectivity index (χ4v) is 2.98. The third-order valence-corrected chi connectivity index (χ3v) is 8.96. The first-order chi connectivity index (χ1) is 16.3. The summed E-state index contributed by atoms with van der Waals surface area (Å²) in [5.41, 5.74) is 4.74. The van der Waals surface area contributed by atoms with Crippen molar-refractivity contribution < 1.29 is 44.3 Å². The van der Waals surface area contributed by atoms with Gasteiger partial charge in [0.25, 0.3) is 0 Å². The van der Waals surface area contributed by atoms with E-state index < -0.39 is 57.3 Å². The quantitative estimate of drug-likeness (QED) is 0.210. The Kier molecular flexibility index (Phi) is 20.8. The molecule has 1 unspecified atom stereocenters. The van der Waals surface area contributed by atoms with Crippen molar-refractivity contribution in [1.29, 1.82) is 0 Å². The first kappa shape index (κ1) is 43.7. The van der Waals surface area contributed by atoms with E-state index in [0.717, 1.165) is 0 Å². The van der Waals surface area contributed by atoms with Gasteiger partial charge in [-0.25, -0.2) is 14.4 Å². The molecule has 0 saturated carbocycles. The molecule has 7 N–H and O–H groups in total. The number of rotatable bonds is 10. The summed E-state index contributed by atoms with van der Waals surface area (Å²) in [4.78, 5) is 43.3. The average Bonchev–Trinajstić information content (AvgIpc) is 2.75. The minimum atomic E-state index is -1.29. The summed E-state index contributed by atoms with van der Waals surface area (Å²) in [6.07, 6.45) is 3.41. The van der Waals surface area contributed by atoms with Crippen molar-refractivity contribution in [3.8, 4) is 0 Å². The predicted octanol–water partition coefficient (Wildman–Crippen LogP) is 3.86. The average molecular weight is 607 g/mol. The maximum atomic E-state index is 11.5. The zero-order valence-electron chi connectivity index (χ0n) is 23.9. The number of hydrogen-bond acceptors (Lipinski definition) is 10. The Labute approximate surface area is 240 Å². The van der Waals surface area contributed by atoms with Crippen molar-refractivity contribution >= 4 is 59.3 Å². The zero-order valence-corrected chi connectivity index (χ0v) is 26.3. The van der Waals surface area contributed by atoms with Crippen LogP contribution in [0.2, 0.25) is 0 Å². The van der Waals surface area contributed by atoms with Crippen molar-refractivity contribution in [2.45, 2.75) is 108 Å². The number of carboxylic acid groups (broad SMARTS) is 3. The molecule has 3 atom stereocenters. The van der Waals surface area contributed by atoms with Gasteiger partial charge in [-0.1, -0.05) is 7.43 Å². The van der Waals surface area contributed by atoms with E-state index in [0.29, 0.717) is 0 Å². The number of aliphatic hydroxyl groups excluding tert-OH is 1. The summed E-state index contributed by atoms with van der Waals surface area (Å²) in [7, 11) is 0. The van der Waals surface area contributed by atoms with E-state index in [-0.39, 0.29) is 12.2 Å². The number of amides is 1. The molecular formula is C24H50N2O9S3. The van der Waals surface area contributed by atoms with Crippen LogP contribution >= 0.6 is 35.3 Å². The molecule has 0 aromatic heterocycles. The van der Waals surface area contributed by atoms with Crippen LogP contribution in [0, 0.1) is 0 Å². The molecule has 0 saturated heterocycles. The molecule has 0 spiro atoms. The van der Waals surface area contributed by atoms with E-state index in [1.54, 1.807) is 61.0 Å². The Morgan fingerprint density at radius 1 is 0.711 bits per heavy atom. The van der Waals surface area contributed by atoms with Gasteiger partial charge in [0.15, 0.2) is 6.10 Å². The molecule has 14 heteroatoms. The maximum absolute atomic E-state index is 11.5. The number of carboxylic acids is 3. The number of carbonyl (C=O) groups excluding carboxylic acids is 1. The standard InChI is InChI=1S/C11H21NO4S.C6H13NO2S.C6H12O3S.CH4/c1-10(2,3)16-9(15)12-7(8(13)14)11(4,5)17-6;2*1-6(2,10-3)4(7)5(8)9;/h7H,1-6H3,(H,12,15)(H,13,14);4H,7H2,1-3H3,(H,8,9);4,7H,1-3H3,(H,8,9);1H4/t7-;4-;;/m11../s1. The fraction of sp³-hybridized carbons (Fsp3) is 0.833.